The second kappa shape index (κ2) is 11.8. The summed E-state index contributed by atoms with van der Waals surface area (Å²) in [7, 11) is 0. The summed E-state index contributed by atoms with van der Waals surface area (Å²) in [6.45, 7) is 2.34. The Morgan fingerprint density at radius 2 is 1.74 bits per heavy atom. The fourth-order valence-corrected chi connectivity index (χ4v) is 4.24. The Morgan fingerprint density at radius 3 is 2.49 bits per heavy atom. The number of aliphatic hydroxyl groups is 1. The molecule has 0 bridgehead atoms. The van der Waals surface area contributed by atoms with Crippen LogP contribution in [0.15, 0.2) is 95.8 Å². The van der Waals surface area contributed by atoms with Crippen LogP contribution in [-0.4, -0.2) is 44.3 Å². The highest BCUT2D eigenvalue weighted by atomic mass is 19.1. The molecule has 0 saturated heterocycles. The molecular weight excluding hydrogens is 497 g/mol. The van der Waals surface area contributed by atoms with Gasteiger partial charge >= 0.3 is 0 Å². The van der Waals surface area contributed by atoms with Crippen molar-refractivity contribution in [2.75, 3.05) is 18.5 Å². The number of benzene rings is 3. The zero-order valence-corrected chi connectivity index (χ0v) is 21.3. The van der Waals surface area contributed by atoms with Crippen molar-refractivity contribution < 1.29 is 14.2 Å². The van der Waals surface area contributed by atoms with Crippen LogP contribution in [0.4, 0.5) is 10.2 Å². The third-order valence-corrected chi connectivity index (χ3v) is 6.33. The van der Waals surface area contributed by atoms with Gasteiger partial charge in [-0.3, -0.25) is 9.89 Å². The number of aromatic nitrogens is 4. The minimum absolute atomic E-state index is 0.194. The second-order valence-electron chi connectivity index (χ2n) is 9.07. The van der Waals surface area contributed by atoms with Gasteiger partial charge in [-0.2, -0.15) is 14.9 Å². The van der Waals surface area contributed by atoms with Crippen LogP contribution in [0, 0.1) is 12.7 Å². The van der Waals surface area contributed by atoms with Gasteiger partial charge in [-0.25, -0.2) is 4.39 Å². The highest BCUT2D eigenvalue weighted by Gasteiger charge is 2.21. The zero-order chi connectivity index (χ0) is 27.2. The van der Waals surface area contributed by atoms with E-state index >= 15 is 0 Å². The number of ether oxygens (including phenoxy) is 1. The number of hydrogen-bond acceptors (Lipinski definition) is 6. The van der Waals surface area contributed by atoms with Crippen molar-refractivity contribution in [2.45, 2.75) is 19.6 Å². The largest absolute Gasteiger partial charge is 0.394 e. The summed E-state index contributed by atoms with van der Waals surface area (Å²) in [5, 5.41) is 25.3. The molecule has 0 spiro atoms. The van der Waals surface area contributed by atoms with Crippen LogP contribution in [0.1, 0.15) is 11.1 Å². The molecule has 0 aliphatic heterocycles. The number of rotatable bonds is 10. The summed E-state index contributed by atoms with van der Waals surface area (Å²) in [6, 6.07) is 26.3. The van der Waals surface area contributed by atoms with Gasteiger partial charge in [-0.05, 0) is 54.4 Å². The number of nitrogens with one attached hydrogen (secondary N) is 2. The molecule has 0 amide bonds. The molecule has 0 unspecified atom stereocenters. The van der Waals surface area contributed by atoms with E-state index in [9.17, 15) is 14.3 Å². The molecule has 2 aromatic heterocycles. The number of anilines is 1. The van der Waals surface area contributed by atoms with Crippen LogP contribution >= 0.6 is 0 Å². The first-order valence-electron chi connectivity index (χ1n) is 12.5. The molecule has 5 rings (SSSR count). The van der Waals surface area contributed by atoms with Crippen LogP contribution < -0.4 is 10.9 Å². The maximum absolute atomic E-state index is 13.7. The summed E-state index contributed by atoms with van der Waals surface area (Å²) in [5.41, 5.74) is 4.67. The van der Waals surface area contributed by atoms with Crippen LogP contribution in [-0.2, 0) is 11.3 Å². The van der Waals surface area contributed by atoms with Gasteiger partial charge in [0.25, 0.3) is 5.56 Å². The summed E-state index contributed by atoms with van der Waals surface area (Å²) < 4.78 is 20.9. The average Bonchev–Trinajstić information content (AvgIpc) is 3.39. The van der Waals surface area contributed by atoms with E-state index in [1.807, 2.05) is 61.5 Å². The van der Waals surface area contributed by atoms with E-state index in [1.165, 1.54) is 22.9 Å². The Bertz CT molecular complexity index is 1600. The molecule has 1 atom stereocenters. The summed E-state index contributed by atoms with van der Waals surface area (Å²) in [6.07, 6.45) is -0.502. The lowest BCUT2D eigenvalue weighted by Crippen LogP contribution is -2.27. The van der Waals surface area contributed by atoms with Crippen LogP contribution in [0.5, 0.6) is 0 Å². The highest BCUT2D eigenvalue weighted by Crippen LogP contribution is 2.35. The van der Waals surface area contributed by atoms with Crippen molar-refractivity contribution in [3.05, 3.63) is 118 Å². The molecule has 0 aliphatic carbocycles. The van der Waals surface area contributed by atoms with E-state index in [4.69, 9.17) is 4.74 Å². The van der Waals surface area contributed by atoms with Crippen molar-refractivity contribution in [2.24, 2.45) is 0 Å². The number of hydrogen-bond donors (Lipinski definition) is 3. The Morgan fingerprint density at radius 1 is 1.00 bits per heavy atom. The number of nitrogens with zero attached hydrogens (tertiary/aromatic N) is 3. The van der Waals surface area contributed by atoms with Gasteiger partial charge in [0.15, 0.2) is 5.82 Å². The van der Waals surface area contributed by atoms with Gasteiger partial charge in [-0.15, -0.1) is 0 Å². The zero-order valence-electron chi connectivity index (χ0n) is 21.3. The van der Waals surface area contributed by atoms with Gasteiger partial charge in [0.05, 0.1) is 42.0 Å². The first kappa shape index (κ1) is 26.0. The fourth-order valence-electron chi connectivity index (χ4n) is 4.24. The molecule has 8 nitrogen and oxygen atoms in total. The first-order chi connectivity index (χ1) is 19.0. The molecule has 198 valence electrons. The number of aryl methyl sites for hydroxylation is 1. The number of aromatic amines is 1. The molecule has 3 aromatic carbocycles. The number of halogens is 1. The van der Waals surface area contributed by atoms with E-state index in [0.29, 0.717) is 40.6 Å². The van der Waals surface area contributed by atoms with Gasteiger partial charge in [0.1, 0.15) is 5.82 Å². The lowest BCUT2D eigenvalue weighted by Gasteiger charge is -2.17. The Hall–Kier alpha value is -4.60. The molecule has 0 saturated carbocycles. The summed E-state index contributed by atoms with van der Waals surface area (Å²) >= 11 is 0. The van der Waals surface area contributed by atoms with Gasteiger partial charge in [-0.1, -0.05) is 48.5 Å². The second-order valence-corrected chi connectivity index (χ2v) is 9.07. The van der Waals surface area contributed by atoms with Crippen molar-refractivity contribution in [1.29, 1.82) is 0 Å². The van der Waals surface area contributed by atoms with Crippen molar-refractivity contribution in [3.63, 3.8) is 0 Å². The molecule has 2 heterocycles. The van der Waals surface area contributed by atoms with Gasteiger partial charge in [0.2, 0.25) is 0 Å². The highest BCUT2D eigenvalue weighted by molar-refractivity contribution is 5.87. The number of aliphatic hydroxyl groups excluding tert-OH is 1. The third-order valence-electron chi connectivity index (χ3n) is 6.33. The molecule has 3 N–H and O–H groups in total. The molecule has 9 heteroatoms. The predicted molar refractivity (Wildman–Crippen MR) is 148 cm³/mol. The van der Waals surface area contributed by atoms with Crippen LogP contribution in [0.3, 0.4) is 0 Å². The fraction of sp³-hybridized carbons (Fsp3) is 0.167. The monoisotopic (exact) mass is 525 g/mol. The lowest BCUT2D eigenvalue weighted by molar-refractivity contribution is 0.0109. The molecule has 0 radical (unpaired) electrons. The van der Waals surface area contributed by atoms with Crippen molar-refractivity contribution in [3.8, 4) is 28.2 Å². The lowest BCUT2D eigenvalue weighted by atomic mass is 10.0. The van der Waals surface area contributed by atoms with E-state index in [1.54, 1.807) is 18.2 Å². The van der Waals surface area contributed by atoms with E-state index in [-0.39, 0.29) is 24.5 Å². The summed E-state index contributed by atoms with van der Waals surface area (Å²) in [5.74, 6) is 0.101. The van der Waals surface area contributed by atoms with E-state index in [2.05, 4.69) is 20.6 Å². The standard InChI is InChI=1S/C30H28FN5O3/c1-20-7-5-6-10-26(20)36-27(38)16-15-25(35-36)28-29(22-11-13-23(31)14-12-22)33-34-30(28)32-17-24(18-37)39-19-21-8-3-2-4-9-21/h2-16,24,37H,17-19H2,1H3,(H2,32,33,34)/t24-/m1/s1. The van der Waals surface area contributed by atoms with E-state index in [0.717, 1.165) is 11.1 Å². The van der Waals surface area contributed by atoms with Gasteiger partial charge < -0.3 is 15.2 Å². The van der Waals surface area contributed by atoms with Crippen LogP contribution in [0.2, 0.25) is 0 Å². The number of para-hydroxylation sites is 1. The molecule has 39 heavy (non-hydrogen) atoms. The minimum Gasteiger partial charge on any atom is -0.394 e. The van der Waals surface area contributed by atoms with Crippen LogP contribution in [0.25, 0.3) is 28.2 Å². The molecule has 0 aliphatic rings. The van der Waals surface area contributed by atoms with Crippen molar-refractivity contribution in [1.82, 2.24) is 20.0 Å². The first-order valence-corrected chi connectivity index (χ1v) is 12.5. The quantitative estimate of drug-likeness (QED) is 0.244. The third kappa shape index (κ3) is 5.95. The smallest absolute Gasteiger partial charge is 0.271 e. The Labute approximate surface area is 224 Å². The normalized spacial score (nSPS) is 11.9. The topological polar surface area (TPSA) is 105 Å². The average molecular weight is 526 g/mol. The van der Waals surface area contributed by atoms with E-state index < -0.39 is 6.10 Å². The SMILES string of the molecule is Cc1ccccc1-n1nc(-c2c(NC[C@H](CO)OCc3ccccc3)n[nH]c2-c2ccc(F)cc2)ccc1=O. The maximum atomic E-state index is 13.7. The maximum Gasteiger partial charge on any atom is 0.271 e. The summed E-state index contributed by atoms with van der Waals surface area (Å²) in [4.78, 5) is 12.8. The van der Waals surface area contributed by atoms with Gasteiger partial charge in [0, 0.05) is 18.2 Å². The molecule has 0 fully saturated rings. The Kier molecular flexibility index (Phi) is 7.91. The molecular formula is C30H28FN5O3. The van der Waals surface area contributed by atoms with Crippen molar-refractivity contribution >= 4 is 5.82 Å². The number of H-pyrrole nitrogens is 1. The molecule has 5 aromatic rings. The Balaban J connectivity index is 1.49. The predicted octanol–water partition coefficient (Wildman–Crippen LogP) is 4.73. The minimum atomic E-state index is -0.502.